The molecule has 0 atom stereocenters. The Labute approximate surface area is 88.6 Å². The molecule has 0 radical (unpaired) electrons. The number of benzene rings is 1. The van der Waals surface area contributed by atoms with Crippen molar-refractivity contribution in [3.63, 3.8) is 0 Å². The molecule has 0 bridgehead atoms. The molecule has 0 amide bonds. The smallest absolute Gasteiger partial charge is 0.337 e. The zero-order valence-corrected chi connectivity index (χ0v) is 8.62. The van der Waals surface area contributed by atoms with Crippen molar-refractivity contribution in [1.29, 1.82) is 0 Å². The highest BCUT2D eigenvalue weighted by Gasteiger charge is 2.15. The third kappa shape index (κ3) is 2.27. The molecular weight excluding hydrogens is 192 g/mol. The van der Waals surface area contributed by atoms with Gasteiger partial charge in [0.2, 0.25) is 0 Å². The van der Waals surface area contributed by atoms with E-state index in [-0.39, 0.29) is 5.97 Å². The van der Waals surface area contributed by atoms with Crippen LogP contribution in [0.15, 0.2) is 24.3 Å². The van der Waals surface area contributed by atoms with Crippen LogP contribution in [-0.2, 0) is 4.74 Å². The van der Waals surface area contributed by atoms with Gasteiger partial charge >= 0.3 is 5.97 Å². The molecule has 15 heavy (non-hydrogen) atoms. The fourth-order valence-electron chi connectivity index (χ4n) is 1.45. The minimum Gasteiger partial charge on any atom is -0.465 e. The normalized spacial score (nSPS) is 15.5. The number of carbonyl (C=O) groups excluding carboxylic acids is 1. The maximum Gasteiger partial charge on any atom is 0.337 e. The Morgan fingerprint density at radius 3 is 2.53 bits per heavy atom. The zero-order valence-electron chi connectivity index (χ0n) is 8.62. The number of ether oxygens (including phenoxy) is 1. The molecular formula is C11H14N2O2. The van der Waals surface area contributed by atoms with Crippen LogP contribution in [0.25, 0.3) is 0 Å². The van der Waals surface area contributed by atoms with Crippen molar-refractivity contribution in [2.24, 2.45) is 0 Å². The van der Waals surface area contributed by atoms with Gasteiger partial charge in [0.15, 0.2) is 0 Å². The number of hydrogen-bond donors (Lipinski definition) is 2. The summed E-state index contributed by atoms with van der Waals surface area (Å²) in [5.41, 5.74) is 1.61. The average molecular weight is 206 g/mol. The summed E-state index contributed by atoms with van der Waals surface area (Å²) in [7, 11) is 1.38. The van der Waals surface area contributed by atoms with Crippen LogP contribution in [-0.4, -0.2) is 32.2 Å². The monoisotopic (exact) mass is 206 g/mol. The number of methoxy groups -OCH3 is 1. The average Bonchev–Trinajstić information content (AvgIpc) is 2.23. The highest BCUT2D eigenvalue weighted by molar-refractivity contribution is 5.89. The van der Waals surface area contributed by atoms with Gasteiger partial charge in [-0.05, 0) is 24.3 Å². The topological polar surface area (TPSA) is 50.4 Å². The molecule has 4 heteroatoms. The molecule has 1 aromatic rings. The molecule has 1 fully saturated rings. The predicted octanol–water partition coefficient (Wildman–Crippen LogP) is 0.857. The number of anilines is 1. The first-order chi connectivity index (χ1) is 7.29. The maximum atomic E-state index is 11.2. The number of nitrogens with one attached hydrogen (secondary N) is 2. The van der Waals surface area contributed by atoms with Crippen molar-refractivity contribution in [2.45, 2.75) is 6.04 Å². The zero-order chi connectivity index (χ0) is 10.7. The van der Waals surface area contributed by atoms with E-state index in [2.05, 4.69) is 15.4 Å². The second kappa shape index (κ2) is 4.31. The summed E-state index contributed by atoms with van der Waals surface area (Å²) in [5, 5.41) is 6.53. The molecule has 2 rings (SSSR count). The highest BCUT2D eigenvalue weighted by atomic mass is 16.5. The number of carbonyl (C=O) groups is 1. The van der Waals surface area contributed by atoms with Gasteiger partial charge in [-0.15, -0.1) is 0 Å². The summed E-state index contributed by atoms with van der Waals surface area (Å²) in [6.45, 7) is 2.00. The highest BCUT2D eigenvalue weighted by Crippen LogP contribution is 2.12. The summed E-state index contributed by atoms with van der Waals surface area (Å²) >= 11 is 0. The molecule has 2 N–H and O–H groups in total. The van der Waals surface area contributed by atoms with Crippen LogP contribution in [0, 0.1) is 0 Å². The summed E-state index contributed by atoms with van der Waals surface area (Å²) in [4.78, 5) is 11.2. The lowest BCUT2D eigenvalue weighted by molar-refractivity contribution is 0.0601. The Kier molecular flexibility index (Phi) is 2.87. The molecule has 0 saturated carbocycles. The summed E-state index contributed by atoms with van der Waals surface area (Å²) in [5.74, 6) is -0.299. The fourth-order valence-corrected chi connectivity index (χ4v) is 1.45. The Balaban J connectivity index is 1.99. The van der Waals surface area contributed by atoms with E-state index in [4.69, 9.17) is 0 Å². The largest absolute Gasteiger partial charge is 0.465 e. The molecule has 0 aromatic heterocycles. The van der Waals surface area contributed by atoms with Crippen molar-refractivity contribution in [1.82, 2.24) is 5.32 Å². The predicted molar refractivity (Wildman–Crippen MR) is 58.1 cm³/mol. The van der Waals surface area contributed by atoms with Gasteiger partial charge < -0.3 is 15.4 Å². The van der Waals surface area contributed by atoms with Crippen LogP contribution < -0.4 is 10.6 Å². The summed E-state index contributed by atoms with van der Waals surface area (Å²) < 4.78 is 4.62. The van der Waals surface area contributed by atoms with Crippen molar-refractivity contribution in [2.75, 3.05) is 25.5 Å². The van der Waals surface area contributed by atoms with Gasteiger partial charge in [0.25, 0.3) is 0 Å². The quantitative estimate of drug-likeness (QED) is 0.720. The Hall–Kier alpha value is -1.55. The van der Waals surface area contributed by atoms with Gasteiger partial charge in [-0.3, -0.25) is 0 Å². The lowest BCUT2D eigenvalue weighted by atomic mass is 10.1. The van der Waals surface area contributed by atoms with E-state index < -0.39 is 0 Å². The lowest BCUT2D eigenvalue weighted by Gasteiger charge is -2.28. The number of hydrogen-bond acceptors (Lipinski definition) is 4. The van der Waals surface area contributed by atoms with Crippen molar-refractivity contribution < 1.29 is 9.53 Å². The van der Waals surface area contributed by atoms with Crippen LogP contribution in [0.1, 0.15) is 10.4 Å². The minimum absolute atomic E-state index is 0.299. The number of esters is 1. The first kappa shape index (κ1) is 9.98. The minimum atomic E-state index is -0.299. The molecule has 4 nitrogen and oxygen atoms in total. The molecule has 0 aliphatic carbocycles. The SMILES string of the molecule is COC(=O)c1ccc(NC2CNC2)cc1. The van der Waals surface area contributed by atoms with Crippen molar-refractivity contribution >= 4 is 11.7 Å². The molecule has 0 spiro atoms. The van der Waals surface area contributed by atoms with Crippen molar-refractivity contribution in [3.8, 4) is 0 Å². The van der Waals surface area contributed by atoms with Crippen LogP contribution in [0.4, 0.5) is 5.69 Å². The van der Waals surface area contributed by atoms with Crippen LogP contribution in [0.3, 0.4) is 0 Å². The van der Waals surface area contributed by atoms with Gasteiger partial charge in [-0.25, -0.2) is 4.79 Å². The van der Waals surface area contributed by atoms with E-state index in [1.165, 1.54) is 7.11 Å². The van der Waals surface area contributed by atoms with E-state index >= 15 is 0 Å². The van der Waals surface area contributed by atoms with E-state index in [1.807, 2.05) is 12.1 Å². The molecule has 1 aliphatic heterocycles. The second-order valence-corrected chi connectivity index (χ2v) is 3.57. The lowest BCUT2D eigenvalue weighted by Crippen LogP contribution is -2.51. The van der Waals surface area contributed by atoms with Crippen molar-refractivity contribution in [3.05, 3.63) is 29.8 Å². The third-order valence-electron chi connectivity index (χ3n) is 2.46. The first-order valence-corrected chi connectivity index (χ1v) is 4.95. The Morgan fingerprint density at radius 1 is 1.40 bits per heavy atom. The van der Waals surface area contributed by atoms with E-state index in [9.17, 15) is 4.79 Å². The molecule has 0 unspecified atom stereocenters. The summed E-state index contributed by atoms with van der Waals surface area (Å²) in [6.07, 6.45) is 0. The fraction of sp³-hybridized carbons (Fsp3) is 0.364. The maximum absolute atomic E-state index is 11.2. The standard InChI is InChI=1S/C11H14N2O2/c1-15-11(14)8-2-4-9(5-3-8)13-10-6-12-7-10/h2-5,10,12-13H,6-7H2,1H3. The number of rotatable bonds is 3. The van der Waals surface area contributed by atoms with Gasteiger partial charge in [0.05, 0.1) is 18.7 Å². The molecule has 80 valence electrons. The van der Waals surface area contributed by atoms with Crippen LogP contribution in [0.5, 0.6) is 0 Å². The summed E-state index contributed by atoms with van der Waals surface area (Å²) in [6, 6.07) is 7.82. The van der Waals surface area contributed by atoms with Gasteiger partial charge in [0, 0.05) is 18.8 Å². The third-order valence-corrected chi connectivity index (χ3v) is 2.46. The first-order valence-electron chi connectivity index (χ1n) is 4.95. The van der Waals surface area contributed by atoms with E-state index in [0.717, 1.165) is 18.8 Å². The van der Waals surface area contributed by atoms with E-state index in [0.29, 0.717) is 11.6 Å². The van der Waals surface area contributed by atoms with E-state index in [1.54, 1.807) is 12.1 Å². The van der Waals surface area contributed by atoms with Crippen LogP contribution in [0.2, 0.25) is 0 Å². The Morgan fingerprint density at radius 2 is 2.07 bits per heavy atom. The van der Waals surface area contributed by atoms with Gasteiger partial charge in [-0.2, -0.15) is 0 Å². The Bertz CT molecular complexity index is 344. The molecule has 1 aromatic carbocycles. The van der Waals surface area contributed by atoms with Gasteiger partial charge in [-0.1, -0.05) is 0 Å². The second-order valence-electron chi connectivity index (χ2n) is 3.57. The van der Waals surface area contributed by atoms with Crippen LogP contribution >= 0.6 is 0 Å². The molecule has 1 saturated heterocycles. The van der Waals surface area contributed by atoms with Gasteiger partial charge in [0.1, 0.15) is 0 Å². The molecule has 1 heterocycles. The molecule has 1 aliphatic rings.